The van der Waals surface area contributed by atoms with Gasteiger partial charge in [-0.1, -0.05) is 0 Å². The molecule has 1 spiro atoms. The highest BCUT2D eigenvalue weighted by atomic mass is 32.2. The smallest absolute Gasteiger partial charge is 0.244 e. The summed E-state index contributed by atoms with van der Waals surface area (Å²) in [6.45, 7) is 3.20. The molecule has 98 valence electrons. The summed E-state index contributed by atoms with van der Waals surface area (Å²) < 4.78 is 26.5. The van der Waals surface area contributed by atoms with E-state index in [9.17, 15) is 8.42 Å². The minimum Gasteiger partial charge on any atom is -0.316 e. The first-order valence-electron chi connectivity index (χ1n) is 6.23. The van der Waals surface area contributed by atoms with Crippen molar-refractivity contribution in [2.24, 2.45) is 5.41 Å². The third-order valence-corrected chi connectivity index (χ3v) is 5.84. The van der Waals surface area contributed by atoms with Crippen LogP contribution in [0.25, 0.3) is 0 Å². The van der Waals surface area contributed by atoms with Crippen molar-refractivity contribution in [3.63, 3.8) is 0 Å². The van der Waals surface area contributed by atoms with Crippen LogP contribution in [0.1, 0.15) is 12.8 Å². The summed E-state index contributed by atoms with van der Waals surface area (Å²) in [5.41, 5.74) is 0.162. The van der Waals surface area contributed by atoms with Gasteiger partial charge in [-0.15, -0.1) is 0 Å². The molecule has 0 bridgehead atoms. The summed E-state index contributed by atoms with van der Waals surface area (Å²) >= 11 is 0. The fourth-order valence-corrected chi connectivity index (χ4v) is 4.41. The molecule has 0 aliphatic carbocycles. The molecule has 0 amide bonds. The van der Waals surface area contributed by atoms with Gasteiger partial charge in [0.05, 0.1) is 0 Å². The summed E-state index contributed by atoms with van der Waals surface area (Å²) in [5.74, 6) is 0. The van der Waals surface area contributed by atoms with E-state index in [-0.39, 0.29) is 5.41 Å². The van der Waals surface area contributed by atoms with Crippen LogP contribution in [0, 0.1) is 5.41 Å². The number of rotatable bonds is 2. The number of pyridine rings is 1. The minimum absolute atomic E-state index is 0.162. The summed E-state index contributed by atoms with van der Waals surface area (Å²) in [6.07, 6.45) is 5.05. The molecule has 0 saturated carbocycles. The van der Waals surface area contributed by atoms with Crippen molar-refractivity contribution < 1.29 is 8.42 Å². The van der Waals surface area contributed by atoms with Gasteiger partial charge >= 0.3 is 0 Å². The van der Waals surface area contributed by atoms with Crippen molar-refractivity contribution in [3.05, 3.63) is 24.5 Å². The zero-order valence-electron chi connectivity index (χ0n) is 10.2. The van der Waals surface area contributed by atoms with E-state index in [0.717, 1.165) is 25.9 Å². The number of aromatic nitrogens is 1. The van der Waals surface area contributed by atoms with Crippen LogP contribution in [0.2, 0.25) is 0 Å². The molecule has 2 fully saturated rings. The molecule has 3 heterocycles. The quantitative estimate of drug-likeness (QED) is 0.845. The van der Waals surface area contributed by atoms with Gasteiger partial charge in [0.2, 0.25) is 10.0 Å². The molecule has 3 rings (SSSR count). The van der Waals surface area contributed by atoms with Crippen molar-refractivity contribution in [2.45, 2.75) is 17.7 Å². The van der Waals surface area contributed by atoms with Crippen LogP contribution in [-0.4, -0.2) is 43.9 Å². The van der Waals surface area contributed by atoms with Gasteiger partial charge in [-0.2, -0.15) is 4.31 Å². The highest BCUT2D eigenvalue weighted by Gasteiger charge is 2.44. The van der Waals surface area contributed by atoms with Gasteiger partial charge in [0.1, 0.15) is 4.90 Å². The average Bonchev–Trinajstić information content (AvgIpc) is 3.02. The van der Waals surface area contributed by atoms with E-state index in [1.54, 1.807) is 22.6 Å². The van der Waals surface area contributed by atoms with Gasteiger partial charge < -0.3 is 5.32 Å². The lowest BCUT2D eigenvalue weighted by Crippen LogP contribution is -2.33. The largest absolute Gasteiger partial charge is 0.316 e. The molecule has 2 aliphatic heterocycles. The van der Waals surface area contributed by atoms with Crippen LogP contribution < -0.4 is 5.32 Å². The van der Waals surface area contributed by atoms with Gasteiger partial charge in [-0.3, -0.25) is 4.98 Å². The molecule has 1 N–H and O–H groups in total. The van der Waals surface area contributed by atoms with Gasteiger partial charge in [0.15, 0.2) is 0 Å². The predicted octanol–water partition coefficient (Wildman–Crippen LogP) is 0.456. The van der Waals surface area contributed by atoms with Crippen LogP contribution >= 0.6 is 0 Å². The number of hydrogen-bond acceptors (Lipinski definition) is 4. The van der Waals surface area contributed by atoms with Gasteiger partial charge in [-0.25, -0.2) is 8.42 Å². The Labute approximate surface area is 107 Å². The van der Waals surface area contributed by atoms with E-state index in [1.165, 1.54) is 6.20 Å². The molecular weight excluding hydrogens is 250 g/mol. The van der Waals surface area contributed by atoms with Crippen molar-refractivity contribution in [1.29, 1.82) is 0 Å². The molecule has 0 radical (unpaired) electrons. The third kappa shape index (κ3) is 1.94. The molecule has 1 aromatic rings. The predicted molar refractivity (Wildman–Crippen MR) is 67.5 cm³/mol. The normalized spacial score (nSPS) is 29.1. The maximum absolute atomic E-state index is 12.4. The van der Waals surface area contributed by atoms with E-state index in [4.69, 9.17) is 0 Å². The first-order chi connectivity index (χ1) is 8.62. The van der Waals surface area contributed by atoms with Crippen LogP contribution in [-0.2, 0) is 10.0 Å². The van der Waals surface area contributed by atoms with Gasteiger partial charge in [0, 0.05) is 32.0 Å². The highest BCUT2D eigenvalue weighted by Crippen LogP contribution is 2.38. The number of hydrogen-bond donors (Lipinski definition) is 1. The number of nitrogens with one attached hydrogen (secondary N) is 1. The lowest BCUT2D eigenvalue weighted by molar-refractivity contribution is 0.338. The Hall–Kier alpha value is -0.980. The minimum atomic E-state index is -3.36. The fraction of sp³-hybridized carbons (Fsp3) is 0.583. The summed E-state index contributed by atoms with van der Waals surface area (Å²) in [7, 11) is -3.36. The van der Waals surface area contributed by atoms with Crippen LogP contribution in [0.5, 0.6) is 0 Å². The molecule has 1 aromatic heterocycles. The van der Waals surface area contributed by atoms with Crippen molar-refractivity contribution >= 4 is 10.0 Å². The zero-order valence-corrected chi connectivity index (χ0v) is 11.0. The SMILES string of the molecule is O=S(=O)(c1cccnc1)N1CCC2(CCNC2)C1. The van der Waals surface area contributed by atoms with E-state index in [1.807, 2.05) is 0 Å². The summed E-state index contributed by atoms with van der Waals surface area (Å²) in [6, 6.07) is 3.27. The van der Waals surface area contributed by atoms with E-state index >= 15 is 0 Å². The monoisotopic (exact) mass is 267 g/mol. The van der Waals surface area contributed by atoms with Crippen molar-refractivity contribution in [2.75, 3.05) is 26.2 Å². The Balaban J connectivity index is 1.84. The molecule has 2 saturated heterocycles. The fourth-order valence-electron chi connectivity index (χ4n) is 2.89. The molecule has 1 atom stereocenters. The lowest BCUT2D eigenvalue weighted by Gasteiger charge is -2.22. The third-order valence-electron chi connectivity index (χ3n) is 4.01. The topological polar surface area (TPSA) is 62.3 Å². The maximum atomic E-state index is 12.4. The Morgan fingerprint density at radius 2 is 2.28 bits per heavy atom. The van der Waals surface area contributed by atoms with E-state index in [2.05, 4.69) is 10.3 Å². The molecule has 5 nitrogen and oxygen atoms in total. The second kappa shape index (κ2) is 4.29. The maximum Gasteiger partial charge on any atom is 0.244 e. The standard InChI is InChI=1S/C12H17N3O2S/c16-18(17,11-2-1-5-13-8-11)15-7-4-12(10-15)3-6-14-9-12/h1-2,5,8,14H,3-4,6-7,9-10H2. The van der Waals surface area contributed by atoms with Crippen LogP contribution in [0.15, 0.2) is 29.4 Å². The zero-order chi connectivity index (χ0) is 12.6. The molecule has 1 unspecified atom stereocenters. The lowest BCUT2D eigenvalue weighted by atomic mass is 9.87. The van der Waals surface area contributed by atoms with Crippen LogP contribution in [0.4, 0.5) is 0 Å². The van der Waals surface area contributed by atoms with E-state index in [0.29, 0.717) is 18.0 Å². The Morgan fingerprint density at radius 3 is 2.94 bits per heavy atom. The number of nitrogens with zero attached hydrogens (tertiary/aromatic N) is 2. The van der Waals surface area contributed by atoms with Gasteiger partial charge in [0.25, 0.3) is 0 Å². The second-order valence-electron chi connectivity index (χ2n) is 5.20. The number of sulfonamides is 1. The van der Waals surface area contributed by atoms with Crippen molar-refractivity contribution in [3.8, 4) is 0 Å². The Kier molecular flexibility index (Phi) is 2.88. The summed E-state index contributed by atoms with van der Waals surface area (Å²) in [5, 5.41) is 3.33. The Morgan fingerprint density at radius 1 is 1.39 bits per heavy atom. The first-order valence-corrected chi connectivity index (χ1v) is 7.67. The molecule has 6 heteroatoms. The molecule has 0 aromatic carbocycles. The van der Waals surface area contributed by atoms with Crippen LogP contribution in [0.3, 0.4) is 0 Å². The van der Waals surface area contributed by atoms with Crippen molar-refractivity contribution in [1.82, 2.24) is 14.6 Å². The van der Waals surface area contributed by atoms with Gasteiger partial charge in [-0.05, 0) is 36.9 Å². The van der Waals surface area contributed by atoms with E-state index < -0.39 is 10.0 Å². The molecular formula is C12H17N3O2S. The molecule has 2 aliphatic rings. The second-order valence-corrected chi connectivity index (χ2v) is 7.14. The molecule has 18 heavy (non-hydrogen) atoms. The highest BCUT2D eigenvalue weighted by molar-refractivity contribution is 7.89. The summed E-state index contributed by atoms with van der Waals surface area (Å²) in [4.78, 5) is 4.19. The average molecular weight is 267 g/mol. The Bertz CT molecular complexity index is 524. The first kappa shape index (κ1) is 12.1.